The molecule has 2 aromatic rings. The molecule has 1 aromatic carbocycles. The van der Waals surface area contributed by atoms with Crippen molar-refractivity contribution in [3.63, 3.8) is 0 Å². The summed E-state index contributed by atoms with van der Waals surface area (Å²) in [4.78, 5) is 4.59. The maximum absolute atomic E-state index is 16.0. The SMILES string of the molecule is CNc1cc(C2CCOCC2)c2cc(OC)c(N3C=C4CNCCC4N3)c(F)c2n1. The van der Waals surface area contributed by atoms with Crippen molar-refractivity contribution in [2.24, 2.45) is 0 Å². The topological polar surface area (TPSA) is 70.7 Å². The first-order valence-corrected chi connectivity index (χ1v) is 10.6. The number of aromatic nitrogens is 1. The Balaban J connectivity index is 1.66. The van der Waals surface area contributed by atoms with Crippen LogP contribution in [0.25, 0.3) is 10.9 Å². The van der Waals surface area contributed by atoms with E-state index >= 15 is 4.39 Å². The number of anilines is 2. The smallest absolute Gasteiger partial charge is 0.178 e. The predicted molar refractivity (Wildman–Crippen MR) is 116 cm³/mol. The summed E-state index contributed by atoms with van der Waals surface area (Å²) < 4.78 is 27.2. The lowest BCUT2D eigenvalue weighted by Crippen LogP contribution is -2.42. The van der Waals surface area contributed by atoms with Crippen molar-refractivity contribution in [3.8, 4) is 5.75 Å². The Labute approximate surface area is 175 Å². The summed E-state index contributed by atoms with van der Waals surface area (Å²) in [5, 5.41) is 9.04. The third kappa shape index (κ3) is 3.29. The summed E-state index contributed by atoms with van der Waals surface area (Å²) in [6, 6.07) is 4.19. The second-order valence-electron chi connectivity index (χ2n) is 8.09. The summed E-state index contributed by atoms with van der Waals surface area (Å²) in [5.41, 5.74) is 6.49. The number of halogens is 1. The van der Waals surface area contributed by atoms with E-state index in [-0.39, 0.29) is 11.9 Å². The molecule has 1 atom stereocenters. The summed E-state index contributed by atoms with van der Waals surface area (Å²) in [6.07, 6.45) is 4.78. The largest absolute Gasteiger partial charge is 0.494 e. The molecule has 2 fully saturated rings. The van der Waals surface area contributed by atoms with E-state index in [1.165, 1.54) is 5.57 Å². The van der Waals surface area contributed by atoms with Crippen LogP contribution in [0.2, 0.25) is 0 Å². The zero-order valence-corrected chi connectivity index (χ0v) is 17.4. The van der Waals surface area contributed by atoms with Gasteiger partial charge in [-0.1, -0.05) is 0 Å². The molecule has 3 aliphatic rings. The zero-order chi connectivity index (χ0) is 20.7. The standard InChI is InChI=1S/C22H28FN5O2/c1-24-19-10-15(13-4-7-30-8-5-13)16-9-18(29-2)22(20(23)21(16)26-19)28-12-14-11-25-6-3-17(14)27-28/h9-10,12-13,17,25,27H,3-8,11H2,1-2H3,(H,24,26). The Morgan fingerprint density at radius 3 is 2.83 bits per heavy atom. The molecule has 0 spiro atoms. The van der Waals surface area contributed by atoms with Crippen molar-refractivity contribution in [3.05, 3.63) is 35.3 Å². The third-order valence-corrected chi connectivity index (χ3v) is 6.37. The molecule has 160 valence electrons. The highest BCUT2D eigenvalue weighted by Gasteiger charge is 2.31. The molecule has 4 heterocycles. The highest BCUT2D eigenvalue weighted by molar-refractivity contribution is 5.91. The Morgan fingerprint density at radius 2 is 2.10 bits per heavy atom. The van der Waals surface area contributed by atoms with Gasteiger partial charge in [0.15, 0.2) is 5.82 Å². The van der Waals surface area contributed by atoms with Gasteiger partial charge in [0.1, 0.15) is 22.8 Å². The second kappa shape index (κ2) is 8.02. The molecule has 0 radical (unpaired) electrons. The van der Waals surface area contributed by atoms with Crippen molar-refractivity contribution in [2.45, 2.75) is 31.2 Å². The minimum atomic E-state index is -0.370. The van der Waals surface area contributed by atoms with Gasteiger partial charge in [-0.2, -0.15) is 0 Å². The maximum Gasteiger partial charge on any atom is 0.178 e. The van der Waals surface area contributed by atoms with Crippen LogP contribution in [0.15, 0.2) is 23.9 Å². The molecule has 5 rings (SSSR count). The minimum absolute atomic E-state index is 0.223. The first-order valence-electron chi connectivity index (χ1n) is 10.6. The summed E-state index contributed by atoms with van der Waals surface area (Å²) in [5.74, 6) is 1.12. The molecule has 30 heavy (non-hydrogen) atoms. The van der Waals surface area contributed by atoms with Gasteiger partial charge in [-0.3, -0.25) is 5.01 Å². The highest BCUT2D eigenvalue weighted by atomic mass is 19.1. The number of hydrogen-bond donors (Lipinski definition) is 3. The van der Waals surface area contributed by atoms with Crippen LogP contribution in [-0.2, 0) is 4.74 Å². The fourth-order valence-electron chi connectivity index (χ4n) is 4.74. The number of rotatable bonds is 4. The molecular weight excluding hydrogens is 385 g/mol. The lowest BCUT2D eigenvalue weighted by atomic mass is 9.89. The molecule has 3 aliphatic heterocycles. The zero-order valence-electron chi connectivity index (χ0n) is 17.4. The van der Waals surface area contributed by atoms with Crippen LogP contribution in [0.3, 0.4) is 0 Å². The average Bonchev–Trinajstić information content (AvgIpc) is 3.22. The van der Waals surface area contributed by atoms with E-state index < -0.39 is 0 Å². The van der Waals surface area contributed by atoms with E-state index in [1.54, 1.807) is 12.1 Å². The Bertz CT molecular complexity index is 989. The maximum atomic E-state index is 16.0. The Morgan fingerprint density at radius 1 is 1.27 bits per heavy atom. The molecule has 0 aliphatic carbocycles. The lowest BCUT2D eigenvalue weighted by molar-refractivity contribution is 0.0856. The minimum Gasteiger partial charge on any atom is -0.494 e. The lowest BCUT2D eigenvalue weighted by Gasteiger charge is -2.27. The Kier molecular flexibility index (Phi) is 5.22. The van der Waals surface area contributed by atoms with Crippen LogP contribution in [0.5, 0.6) is 5.75 Å². The predicted octanol–water partition coefficient (Wildman–Crippen LogP) is 2.89. The number of fused-ring (bicyclic) bond motifs is 2. The third-order valence-electron chi connectivity index (χ3n) is 6.37. The van der Waals surface area contributed by atoms with Crippen molar-refractivity contribution in [2.75, 3.05) is 50.8 Å². The molecule has 0 bridgehead atoms. The highest BCUT2D eigenvalue weighted by Crippen LogP contribution is 2.42. The number of piperidine rings is 1. The Hall–Kier alpha value is -2.42. The van der Waals surface area contributed by atoms with Gasteiger partial charge < -0.3 is 20.1 Å². The van der Waals surface area contributed by atoms with Gasteiger partial charge in [0, 0.05) is 38.4 Å². The summed E-state index contributed by atoms with van der Waals surface area (Å²) in [7, 11) is 3.40. The van der Waals surface area contributed by atoms with Crippen LogP contribution in [0.1, 0.15) is 30.7 Å². The van der Waals surface area contributed by atoms with E-state index in [4.69, 9.17) is 9.47 Å². The number of pyridine rings is 1. The molecule has 7 nitrogen and oxygen atoms in total. The molecule has 0 amide bonds. The van der Waals surface area contributed by atoms with E-state index in [9.17, 15) is 0 Å². The van der Waals surface area contributed by atoms with Crippen LogP contribution < -0.4 is 25.8 Å². The molecule has 0 saturated carbocycles. The van der Waals surface area contributed by atoms with E-state index in [2.05, 4.69) is 21.0 Å². The fraction of sp³-hybridized carbons (Fsp3) is 0.500. The number of hydrazine groups is 1. The van der Waals surface area contributed by atoms with Crippen molar-refractivity contribution in [1.82, 2.24) is 15.7 Å². The molecule has 8 heteroatoms. The quantitative estimate of drug-likeness (QED) is 0.712. The van der Waals surface area contributed by atoms with Crippen LogP contribution >= 0.6 is 0 Å². The monoisotopic (exact) mass is 413 g/mol. The van der Waals surface area contributed by atoms with Gasteiger partial charge in [-0.05, 0) is 55.0 Å². The summed E-state index contributed by atoms with van der Waals surface area (Å²) >= 11 is 0. The van der Waals surface area contributed by atoms with Gasteiger partial charge in [0.05, 0.1) is 13.2 Å². The number of nitrogens with one attached hydrogen (secondary N) is 3. The fourth-order valence-corrected chi connectivity index (χ4v) is 4.74. The average molecular weight is 413 g/mol. The van der Waals surface area contributed by atoms with Crippen LogP contribution in [0, 0.1) is 5.82 Å². The van der Waals surface area contributed by atoms with Crippen LogP contribution in [0.4, 0.5) is 15.9 Å². The number of ether oxygens (including phenoxy) is 2. The molecule has 1 unspecified atom stereocenters. The van der Waals surface area contributed by atoms with E-state index in [0.717, 1.165) is 56.5 Å². The van der Waals surface area contributed by atoms with Gasteiger partial charge in [0.2, 0.25) is 0 Å². The van der Waals surface area contributed by atoms with Gasteiger partial charge in [-0.25, -0.2) is 14.8 Å². The number of hydrogen-bond acceptors (Lipinski definition) is 7. The van der Waals surface area contributed by atoms with E-state index in [1.807, 2.05) is 25.4 Å². The van der Waals surface area contributed by atoms with Gasteiger partial charge in [0.25, 0.3) is 0 Å². The van der Waals surface area contributed by atoms with Crippen molar-refractivity contribution in [1.29, 1.82) is 0 Å². The molecule has 2 saturated heterocycles. The molecule has 3 N–H and O–H groups in total. The second-order valence-corrected chi connectivity index (χ2v) is 8.09. The van der Waals surface area contributed by atoms with Gasteiger partial charge >= 0.3 is 0 Å². The first kappa shape index (κ1) is 19.5. The van der Waals surface area contributed by atoms with Gasteiger partial charge in [-0.15, -0.1) is 0 Å². The van der Waals surface area contributed by atoms with E-state index in [0.29, 0.717) is 28.7 Å². The van der Waals surface area contributed by atoms with Crippen LogP contribution in [-0.4, -0.2) is 51.5 Å². The van der Waals surface area contributed by atoms with Crippen molar-refractivity contribution < 1.29 is 13.9 Å². The molecule has 1 aromatic heterocycles. The summed E-state index contributed by atoms with van der Waals surface area (Å²) in [6.45, 7) is 3.20. The molecular formula is C22H28FN5O2. The number of methoxy groups -OCH3 is 1. The number of nitrogens with zero attached hydrogens (tertiary/aromatic N) is 2. The first-order chi connectivity index (χ1) is 14.7. The number of benzene rings is 1. The normalized spacial score (nSPS) is 22.2. The van der Waals surface area contributed by atoms with Crippen molar-refractivity contribution >= 4 is 22.4 Å².